The zero-order valence-electron chi connectivity index (χ0n) is 17.7. The van der Waals surface area contributed by atoms with Crippen LogP contribution in [0.1, 0.15) is 54.9 Å². The van der Waals surface area contributed by atoms with Crippen LogP contribution in [0.25, 0.3) is 10.9 Å². The van der Waals surface area contributed by atoms with Crippen molar-refractivity contribution in [2.45, 2.75) is 45.7 Å². The van der Waals surface area contributed by atoms with Gasteiger partial charge >= 0.3 is 0 Å². The van der Waals surface area contributed by atoms with Crippen LogP contribution in [-0.2, 0) is 11.8 Å². The average Bonchev–Trinajstić information content (AvgIpc) is 3.38. The fourth-order valence-corrected chi connectivity index (χ4v) is 4.08. The smallest absolute Gasteiger partial charge is 0.275 e. The van der Waals surface area contributed by atoms with E-state index in [-0.39, 0.29) is 29.8 Å². The maximum Gasteiger partial charge on any atom is 0.275 e. The molecule has 2 aromatic heterocycles. The number of nitrogens with one attached hydrogen (secondary N) is 2. The summed E-state index contributed by atoms with van der Waals surface area (Å²) >= 11 is 0. The number of nitrogens with zero attached hydrogens (tertiary/aromatic N) is 5. The number of aryl methyl sites for hydroxylation is 2. The molecule has 0 unspecified atom stereocenters. The maximum atomic E-state index is 13.5. The van der Waals surface area contributed by atoms with Crippen molar-refractivity contribution < 1.29 is 9.59 Å². The fourth-order valence-electron chi connectivity index (χ4n) is 4.08. The quantitative estimate of drug-likeness (QED) is 0.671. The molecule has 158 valence electrons. The van der Waals surface area contributed by atoms with Crippen molar-refractivity contribution in [3.8, 4) is 0 Å². The molecular formula is C21H27N7O2. The predicted molar refractivity (Wildman–Crippen MR) is 112 cm³/mol. The molecule has 0 bridgehead atoms. The Morgan fingerprint density at radius 3 is 2.77 bits per heavy atom. The third-order valence-corrected chi connectivity index (χ3v) is 5.39. The normalized spacial score (nSPS) is 19.0. The van der Waals surface area contributed by atoms with Gasteiger partial charge in [-0.3, -0.25) is 19.4 Å². The second kappa shape index (κ2) is 7.89. The highest BCUT2D eigenvalue weighted by atomic mass is 16.2. The molecular weight excluding hydrogens is 382 g/mol. The van der Waals surface area contributed by atoms with E-state index >= 15 is 0 Å². The van der Waals surface area contributed by atoms with Gasteiger partial charge in [-0.2, -0.15) is 10.2 Å². The van der Waals surface area contributed by atoms with E-state index < -0.39 is 0 Å². The van der Waals surface area contributed by atoms with Crippen molar-refractivity contribution in [3.63, 3.8) is 0 Å². The molecule has 30 heavy (non-hydrogen) atoms. The molecule has 9 nitrogen and oxygen atoms in total. The summed E-state index contributed by atoms with van der Waals surface area (Å²) < 4.78 is 1.71. The van der Waals surface area contributed by atoms with E-state index in [1.807, 2.05) is 52.1 Å². The molecule has 2 atom stereocenters. The van der Waals surface area contributed by atoms with Gasteiger partial charge in [0, 0.05) is 31.4 Å². The second-order valence-corrected chi connectivity index (χ2v) is 8.34. The van der Waals surface area contributed by atoms with Gasteiger partial charge < -0.3 is 10.2 Å². The van der Waals surface area contributed by atoms with Crippen LogP contribution < -0.4 is 5.32 Å². The molecule has 1 saturated heterocycles. The van der Waals surface area contributed by atoms with Gasteiger partial charge in [0.25, 0.3) is 5.91 Å². The first-order valence-electron chi connectivity index (χ1n) is 10.2. The van der Waals surface area contributed by atoms with E-state index in [0.29, 0.717) is 36.7 Å². The number of benzene rings is 1. The van der Waals surface area contributed by atoms with E-state index in [4.69, 9.17) is 0 Å². The van der Waals surface area contributed by atoms with E-state index in [1.54, 1.807) is 9.58 Å². The molecule has 0 radical (unpaired) electrons. The molecule has 1 fully saturated rings. The van der Waals surface area contributed by atoms with Crippen molar-refractivity contribution in [3.05, 3.63) is 41.6 Å². The number of amides is 2. The summed E-state index contributed by atoms with van der Waals surface area (Å²) in [5, 5.41) is 15.5. The van der Waals surface area contributed by atoms with Crippen LogP contribution in [0, 0.1) is 12.8 Å². The Morgan fingerprint density at radius 2 is 2.07 bits per heavy atom. The maximum absolute atomic E-state index is 13.5. The van der Waals surface area contributed by atoms with Gasteiger partial charge in [-0.15, -0.1) is 0 Å². The summed E-state index contributed by atoms with van der Waals surface area (Å²) in [6.45, 7) is 6.24. The third-order valence-electron chi connectivity index (χ3n) is 5.39. The van der Waals surface area contributed by atoms with Crippen molar-refractivity contribution in [2.24, 2.45) is 13.0 Å². The molecule has 3 aromatic rings. The van der Waals surface area contributed by atoms with Crippen molar-refractivity contribution >= 4 is 22.7 Å². The van der Waals surface area contributed by atoms with E-state index in [2.05, 4.69) is 25.6 Å². The van der Waals surface area contributed by atoms with Gasteiger partial charge in [-0.05, 0) is 25.3 Å². The number of carbonyl (C=O) groups excluding carboxylic acids is 2. The van der Waals surface area contributed by atoms with Gasteiger partial charge in [0.15, 0.2) is 11.5 Å². The summed E-state index contributed by atoms with van der Waals surface area (Å²) in [7, 11) is 1.83. The molecule has 3 heterocycles. The SMILES string of the molecule is Cc1nc([C@@H]2C[C@H](NC(=O)CC(C)C)CN2C(=O)c2nn(C)c3ccccc23)n[nH]1. The van der Waals surface area contributed by atoms with Crippen molar-refractivity contribution in [1.29, 1.82) is 0 Å². The fraction of sp³-hybridized carbons (Fsp3) is 0.476. The van der Waals surface area contributed by atoms with Crippen LogP contribution in [0.4, 0.5) is 0 Å². The van der Waals surface area contributed by atoms with Crippen molar-refractivity contribution in [2.75, 3.05) is 6.54 Å². The summed E-state index contributed by atoms with van der Waals surface area (Å²) in [6, 6.07) is 7.18. The lowest BCUT2D eigenvalue weighted by molar-refractivity contribution is -0.122. The van der Waals surface area contributed by atoms with Gasteiger partial charge in [-0.25, -0.2) is 4.98 Å². The number of aromatic nitrogens is 5. The minimum absolute atomic E-state index is 0.00231. The van der Waals surface area contributed by atoms with Gasteiger partial charge in [-0.1, -0.05) is 32.0 Å². The van der Waals surface area contributed by atoms with Crippen molar-refractivity contribution in [1.82, 2.24) is 35.2 Å². The van der Waals surface area contributed by atoms with E-state index in [1.165, 1.54) is 0 Å². The Hall–Kier alpha value is -3.23. The van der Waals surface area contributed by atoms with Crippen LogP contribution in [-0.4, -0.2) is 54.3 Å². The number of rotatable bonds is 5. The van der Waals surface area contributed by atoms with Crippen LogP contribution in [0.15, 0.2) is 24.3 Å². The Labute approximate surface area is 174 Å². The number of para-hydroxylation sites is 1. The standard InChI is InChI=1S/C21H27N7O2/c1-12(2)9-18(29)23-14-10-17(20-22-13(3)24-25-20)28(11-14)21(30)19-15-7-5-6-8-16(15)27(4)26-19/h5-8,12,14,17H,9-11H2,1-4H3,(H,23,29)(H,22,24,25)/t14-,17-/m0/s1. The third kappa shape index (κ3) is 3.79. The molecule has 2 N–H and O–H groups in total. The average molecular weight is 409 g/mol. The largest absolute Gasteiger partial charge is 0.351 e. The van der Waals surface area contributed by atoms with E-state index in [9.17, 15) is 9.59 Å². The summed E-state index contributed by atoms with van der Waals surface area (Å²) in [6.07, 6.45) is 1.03. The summed E-state index contributed by atoms with van der Waals surface area (Å²) in [5.74, 6) is 1.34. The lowest BCUT2D eigenvalue weighted by atomic mass is 10.1. The zero-order valence-corrected chi connectivity index (χ0v) is 17.7. The second-order valence-electron chi connectivity index (χ2n) is 8.34. The molecule has 1 aliphatic heterocycles. The zero-order chi connectivity index (χ0) is 21.4. The molecule has 1 aliphatic rings. The lowest BCUT2D eigenvalue weighted by Crippen LogP contribution is -2.39. The Balaban J connectivity index is 1.64. The van der Waals surface area contributed by atoms with Gasteiger partial charge in [0.2, 0.25) is 5.91 Å². The summed E-state index contributed by atoms with van der Waals surface area (Å²) in [4.78, 5) is 32.0. The van der Waals surface area contributed by atoms with Gasteiger partial charge in [0.1, 0.15) is 5.82 Å². The van der Waals surface area contributed by atoms with Crippen LogP contribution >= 0.6 is 0 Å². The first-order chi connectivity index (χ1) is 14.3. The Bertz CT molecular complexity index is 1080. The predicted octanol–water partition coefficient (Wildman–Crippen LogP) is 2.12. The van der Waals surface area contributed by atoms with E-state index in [0.717, 1.165) is 10.9 Å². The minimum atomic E-state index is -0.326. The number of aromatic amines is 1. The highest BCUT2D eigenvalue weighted by Gasteiger charge is 2.40. The number of H-pyrrole nitrogens is 1. The minimum Gasteiger partial charge on any atom is -0.351 e. The monoisotopic (exact) mass is 409 g/mol. The molecule has 0 spiro atoms. The van der Waals surface area contributed by atoms with Gasteiger partial charge in [0.05, 0.1) is 11.6 Å². The van der Waals surface area contributed by atoms with Crippen LogP contribution in [0.2, 0.25) is 0 Å². The summed E-state index contributed by atoms with van der Waals surface area (Å²) in [5.41, 5.74) is 1.30. The molecule has 9 heteroatoms. The number of fused-ring (bicyclic) bond motifs is 1. The Kier molecular flexibility index (Phi) is 5.27. The first kappa shape index (κ1) is 20.1. The molecule has 0 saturated carbocycles. The van der Waals surface area contributed by atoms with Crippen LogP contribution in [0.5, 0.6) is 0 Å². The molecule has 2 amide bonds. The molecule has 1 aromatic carbocycles. The number of carbonyl (C=O) groups is 2. The topological polar surface area (TPSA) is 109 Å². The first-order valence-corrected chi connectivity index (χ1v) is 10.2. The number of hydrogen-bond acceptors (Lipinski definition) is 5. The number of hydrogen-bond donors (Lipinski definition) is 2. The molecule has 4 rings (SSSR count). The molecule has 0 aliphatic carbocycles. The van der Waals surface area contributed by atoms with Crippen LogP contribution in [0.3, 0.4) is 0 Å². The Morgan fingerprint density at radius 1 is 1.30 bits per heavy atom. The highest BCUT2D eigenvalue weighted by molar-refractivity contribution is 6.05. The lowest BCUT2D eigenvalue weighted by Gasteiger charge is -2.21. The highest BCUT2D eigenvalue weighted by Crippen LogP contribution is 2.33. The number of likely N-dealkylation sites (tertiary alicyclic amines) is 1.